The quantitative estimate of drug-likeness (QED) is 0.677. The summed E-state index contributed by atoms with van der Waals surface area (Å²) in [5.74, 6) is 0.0914. The van der Waals surface area contributed by atoms with Crippen LogP contribution < -0.4 is 10.6 Å². The zero-order valence-corrected chi connectivity index (χ0v) is 9.97. The summed E-state index contributed by atoms with van der Waals surface area (Å²) in [6.07, 6.45) is 7.36. The third-order valence-corrected chi connectivity index (χ3v) is 2.92. The Kier molecular flexibility index (Phi) is 4.33. The van der Waals surface area contributed by atoms with Crippen molar-refractivity contribution in [1.82, 2.24) is 10.6 Å². The van der Waals surface area contributed by atoms with Crippen molar-refractivity contribution >= 4 is 5.91 Å². The van der Waals surface area contributed by atoms with E-state index in [0.717, 1.165) is 19.3 Å². The summed E-state index contributed by atoms with van der Waals surface area (Å²) in [5.41, 5.74) is -0.0906. The zero-order chi connectivity index (χ0) is 11.3. The fourth-order valence-corrected chi connectivity index (χ4v) is 1.53. The molecule has 0 atom stereocenters. The molecule has 1 aliphatic carbocycles. The highest BCUT2D eigenvalue weighted by Crippen LogP contribution is 2.09. The van der Waals surface area contributed by atoms with Crippen LogP contribution >= 0.6 is 0 Å². The fourth-order valence-electron chi connectivity index (χ4n) is 1.53. The Bertz CT molecular complexity index is 238. The first-order valence-electron chi connectivity index (χ1n) is 5.73. The molecule has 0 fully saturated rings. The Balaban J connectivity index is 2.18. The molecule has 0 aromatic heterocycles. The van der Waals surface area contributed by atoms with Crippen molar-refractivity contribution < 1.29 is 4.79 Å². The monoisotopic (exact) mass is 210 g/mol. The van der Waals surface area contributed by atoms with Gasteiger partial charge in [0.05, 0.1) is 6.54 Å². The van der Waals surface area contributed by atoms with E-state index in [1.807, 2.05) is 13.8 Å². The van der Waals surface area contributed by atoms with Crippen molar-refractivity contribution in [2.24, 2.45) is 0 Å². The first-order chi connectivity index (χ1) is 7.03. The summed E-state index contributed by atoms with van der Waals surface area (Å²) >= 11 is 0. The van der Waals surface area contributed by atoms with Crippen molar-refractivity contribution in [2.45, 2.75) is 51.6 Å². The maximum atomic E-state index is 11.6. The molecule has 3 heteroatoms. The van der Waals surface area contributed by atoms with Gasteiger partial charge in [-0.1, -0.05) is 19.1 Å². The summed E-state index contributed by atoms with van der Waals surface area (Å²) in [4.78, 5) is 11.6. The average Bonchev–Trinajstić information content (AvgIpc) is 2.66. The Morgan fingerprint density at radius 1 is 1.40 bits per heavy atom. The summed E-state index contributed by atoms with van der Waals surface area (Å²) in [5, 5.41) is 6.26. The van der Waals surface area contributed by atoms with Crippen LogP contribution in [0.25, 0.3) is 0 Å². The van der Waals surface area contributed by atoms with E-state index in [0.29, 0.717) is 12.6 Å². The second kappa shape index (κ2) is 5.31. The average molecular weight is 210 g/mol. The van der Waals surface area contributed by atoms with Gasteiger partial charge in [-0.15, -0.1) is 0 Å². The van der Waals surface area contributed by atoms with E-state index < -0.39 is 0 Å². The molecule has 0 unspecified atom stereocenters. The standard InChI is InChI=1S/C12H22N2O/c1-4-12(2,3)14-11(15)9-13-10-7-5-6-8-10/h5-6,10,13H,4,7-9H2,1-3H3,(H,14,15). The summed E-state index contributed by atoms with van der Waals surface area (Å²) < 4.78 is 0. The lowest BCUT2D eigenvalue weighted by atomic mass is 10.0. The molecule has 0 bridgehead atoms. The molecule has 15 heavy (non-hydrogen) atoms. The Hall–Kier alpha value is -0.830. The molecule has 0 heterocycles. The molecule has 86 valence electrons. The minimum Gasteiger partial charge on any atom is -0.350 e. The topological polar surface area (TPSA) is 41.1 Å². The molecule has 0 saturated heterocycles. The molecule has 0 saturated carbocycles. The minimum atomic E-state index is -0.0906. The highest BCUT2D eigenvalue weighted by atomic mass is 16.2. The number of carbonyl (C=O) groups is 1. The Labute approximate surface area is 92.3 Å². The van der Waals surface area contributed by atoms with Crippen LogP contribution in [0.5, 0.6) is 0 Å². The van der Waals surface area contributed by atoms with E-state index in [4.69, 9.17) is 0 Å². The molecule has 0 spiro atoms. The highest BCUT2D eigenvalue weighted by molar-refractivity contribution is 5.78. The van der Waals surface area contributed by atoms with Crippen LogP contribution in [0.2, 0.25) is 0 Å². The third-order valence-electron chi connectivity index (χ3n) is 2.92. The Morgan fingerprint density at radius 2 is 2.00 bits per heavy atom. The van der Waals surface area contributed by atoms with Crippen LogP contribution in [0.4, 0.5) is 0 Å². The van der Waals surface area contributed by atoms with Gasteiger partial charge < -0.3 is 10.6 Å². The molecular formula is C12H22N2O. The van der Waals surface area contributed by atoms with Gasteiger partial charge >= 0.3 is 0 Å². The van der Waals surface area contributed by atoms with Crippen molar-refractivity contribution in [1.29, 1.82) is 0 Å². The van der Waals surface area contributed by atoms with E-state index in [2.05, 4.69) is 29.7 Å². The van der Waals surface area contributed by atoms with E-state index >= 15 is 0 Å². The van der Waals surface area contributed by atoms with Crippen LogP contribution in [-0.2, 0) is 4.79 Å². The first kappa shape index (κ1) is 12.2. The highest BCUT2D eigenvalue weighted by Gasteiger charge is 2.18. The minimum absolute atomic E-state index is 0.0906. The summed E-state index contributed by atoms with van der Waals surface area (Å²) in [7, 11) is 0. The van der Waals surface area contributed by atoms with Crippen LogP contribution in [-0.4, -0.2) is 24.0 Å². The molecular weight excluding hydrogens is 188 g/mol. The zero-order valence-electron chi connectivity index (χ0n) is 9.97. The normalized spacial score (nSPS) is 17.0. The smallest absolute Gasteiger partial charge is 0.234 e. The Morgan fingerprint density at radius 3 is 2.53 bits per heavy atom. The van der Waals surface area contributed by atoms with E-state index in [9.17, 15) is 4.79 Å². The molecule has 0 aromatic carbocycles. The number of rotatable bonds is 5. The molecule has 0 aromatic rings. The predicted octanol–water partition coefficient (Wildman–Crippen LogP) is 1.60. The van der Waals surface area contributed by atoms with Crippen LogP contribution in [0.3, 0.4) is 0 Å². The van der Waals surface area contributed by atoms with Crippen LogP contribution in [0, 0.1) is 0 Å². The van der Waals surface area contributed by atoms with Crippen LogP contribution in [0.1, 0.15) is 40.0 Å². The largest absolute Gasteiger partial charge is 0.350 e. The number of amides is 1. The third kappa shape index (κ3) is 4.47. The van der Waals surface area contributed by atoms with E-state index in [1.54, 1.807) is 0 Å². The van der Waals surface area contributed by atoms with Gasteiger partial charge in [0.15, 0.2) is 0 Å². The van der Waals surface area contributed by atoms with E-state index in [1.165, 1.54) is 0 Å². The summed E-state index contributed by atoms with van der Waals surface area (Å²) in [6.45, 7) is 6.59. The van der Waals surface area contributed by atoms with Gasteiger partial charge in [-0.05, 0) is 33.1 Å². The number of hydrogen-bond donors (Lipinski definition) is 2. The SMILES string of the molecule is CCC(C)(C)NC(=O)CNC1CC=CC1. The van der Waals surface area contributed by atoms with Crippen molar-refractivity contribution in [3.05, 3.63) is 12.2 Å². The molecule has 1 aliphatic rings. The predicted molar refractivity (Wildman–Crippen MR) is 62.7 cm³/mol. The maximum absolute atomic E-state index is 11.6. The number of carbonyl (C=O) groups excluding carboxylic acids is 1. The molecule has 2 N–H and O–H groups in total. The molecule has 0 radical (unpaired) electrons. The van der Waals surface area contributed by atoms with Gasteiger partial charge in [0.1, 0.15) is 0 Å². The van der Waals surface area contributed by atoms with Gasteiger partial charge in [-0.3, -0.25) is 4.79 Å². The van der Waals surface area contributed by atoms with Crippen molar-refractivity contribution in [3.8, 4) is 0 Å². The number of hydrogen-bond acceptors (Lipinski definition) is 2. The molecule has 1 amide bonds. The second-order valence-corrected chi connectivity index (χ2v) is 4.81. The van der Waals surface area contributed by atoms with Gasteiger partial charge in [0.2, 0.25) is 5.91 Å². The lowest BCUT2D eigenvalue weighted by molar-refractivity contribution is -0.122. The maximum Gasteiger partial charge on any atom is 0.234 e. The van der Waals surface area contributed by atoms with Crippen LogP contribution in [0.15, 0.2) is 12.2 Å². The van der Waals surface area contributed by atoms with Gasteiger partial charge in [-0.25, -0.2) is 0 Å². The molecule has 3 nitrogen and oxygen atoms in total. The number of nitrogens with one attached hydrogen (secondary N) is 2. The fraction of sp³-hybridized carbons (Fsp3) is 0.750. The van der Waals surface area contributed by atoms with Crippen molar-refractivity contribution in [2.75, 3.05) is 6.54 Å². The van der Waals surface area contributed by atoms with Crippen molar-refractivity contribution in [3.63, 3.8) is 0 Å². The lowest BCUT2D eigenvalue weighted by Crippen LogP contribution is -2.47. The van der Waals surface area contributed by atoms with Gasteiger partial charge in [-0.2, -0.15) is 0 Å². The second-order valence-electron chi connectivity index (χ2n) is 4.81. The van der Waals surface area contributed by atoms with Gasteiger partial charge in [0, 0.05) is 11.6 Å². The van der Waals surface area contributed by atoms with Gasteiger partial charge in [0.25, 0.3) is 0 Å². The molecule has 1 rings (SSSR count). The van der Waals surface area contributed by atoms with E-state index in [-0.39, 0.29) is 11.4 Å². The summed E-state index contributed by atoms with van der Waals surface area (Å²) in [6, 6.07) is 0.459. The molecule has 0 aliphatic heterocycles. The lowest BCUT2D eigenvalue weighted by Gasteiger charge is -2.25. The first-order valence-corrected chi connectivity index (χ1v) is 5.73.